The Labute approximate surface area is 151 Å². The van der Waals surface area contributed by atoms with Gasteiger partial charge in [0.15, 0.2) is 0 Å². The average Bonchev–Trinajstić information content (AvgIpc) is 3.24. The van der Waals surface area contributed by atoms with Crippen molar-refractivity contribution in [3.05, 3.63) is 71.9 Å². The van der Waals surface area contributed by atoms with Gasteiger partial charge in [0.1, 0.15) is 5.82 Å². The lowest BCUT2D eigenvalue weighted by atomic mass is 10.2. The van der Waals surface area contributed by atoms with Crippen LogP contribution in [0.2, 0.25) is 0 Å². The molecule has 126 valence electrons. The van der Waals surface area contributed by atoms with Crippen molar-refractivity contribution in [2.75, 3.05) is 11.1 Å². The van der Waals surface area contributed by atoms with Gasteiger partial charge in [-0.2, -0.15) is 5.10 Å². The van der Waals surface area contributed by atoms with Crippen molar-refractivity contribution < 1.29 is 4.79 Å². The number of aromatic nitrogens is 2. The predicted octanol–water partition coefficient (Wildman–Crippen LogP) is 4.09. The van der Waals surface area contributed by atoms with E-state index in [-0.39, 0.29) is 5.91 Å². The zero-order valence-corrected chi connectivity index (χ0v) is 14.6. The number of carbonyl (C=O) groups excluding carboxylic acids is 1. The smallest absolute Gasteiger partial charge is 0.235 e. The molecule has 1 heterocycles. The topological polar surface area (TPSA) is 46.9 Å². The Morgan fingerprint density at radius 3 is 2.52 bits per heavy atom. The fourth-order valence-electron chi connectivity index (χ4n) is 3.11. The van der Waals surface area contributed by atoms with Gasteiger partial charge in [-0.05, 0) is 43.5 Å². The molecule has 0 spiro atoms. The van der Waals surface area contributed by atoms with Crippen LogP contribution in [0.5, 0.6) is 0 Å². The summed E-state index contributed by atoms with van der Waals surface area (Å²) in [6.07, 6.45) is 3.06. The maximum Gasteiger partial charge on any atom is 0.235 e. The number of rotatable bonds is 5. The van der Waals surface area contributed by atoms with Crippen LogP contribution in [0.3, 0.4) is 0 Å². The second kappa shape index (κ2) is 7.15. The summed E-state index contributed by atoms with van der Waals surface area (Å²) in [5, 5.41) is 7.83. The van der Waals surface area contributed by atoms with Crippen molar-refractivity contribution in [1.82, 2.24) is 9.78 Å². The number of fused-ring (bicyclic) bond motifs is 1. The molecule has 1 amide bonds. The number of nitrogens with zero attached hydrogens (tertiary/aromatic N) is 2. The summed E-state index contributed by atoms with van der Waals surface area (Å²) in [4.78, 5) is 13.6. The molecule has 25 heavy (non-hydrogen) atoms. The first-order chi connectivity index (χ1) is 12.3. The number of para-hydroxylation sites is 1. The van der Waals surface area contributed by atoms with E-state index in [1.165, 1.54) is 5.56 Å². The predicted molar refractivity (Wildman–Crippen MR) is 101 cm³/mol. The molecule has 0 fully saturated rings. The molecule has 0 saturated heterocycles. The molecule has 1 aliphatic carbocycles. The zero-order chi connectivity index (χ0) is 17.1. The fourth-order valence-corrected chi connectivity index (χ4v) is 3.83. The first kappa shape index (κ1) is 16.0. The van der Waals surface area contributed by atoms with Crippen LogP contribution in [-0.2, 0) is 17.6 Å². The van der Waals surface area contributed by atoms with E-state index in [1.807, 2.05) is 65.3 Å². The van der Waals surface area contributed by atoms with E-state index in [1.54, 1.807) is 11.8 Å². The Hall–Kier alpha value is -2.53. The molecule has 2 aromatic carbocycles. The van der Waals surface area contributed by atoms with Gasteiger partial charge in [-0.15, -0.1) is 11.8 Å². The van der Waals surface area contributed by atoms with Crippen LogP contribution in [0.4, 0.5) is 5.82 Å². The SMILES string of the molecule is O=C(CSc1ccccc1)Nc1c2c(nn1-c1ccccc1)CCC2. The van der Waals surface area contributed by atoms with Crippen molar-refractivity contribution in [2.24, 2.45) is 0 Å². The molecule has 0 aliphatic heterocycles. The molecule has 0 bridgehead atoms. The highest BCUT2D eigenvalue weighted by atomic mass is 32.2. The first-order valence-corrected chi connectivity index (χ1v) is 9.44. The highest BCUT2D eigenvalue weighted by molar-refractivity contribution is 8.00. The van der Waals surface area contributed by atoms with Crippen molar-refractivity contribution in [3.8, 4) is 5.69 Å². The minimum Gasteiger partial charge on any atom is -0.310 e. The van der Waals surface area contributed by atoms with E-state index in [0.29, 0.717) is 5.75 Å². The van der Waals surface area contributed by atoms with Crippen LogP contribution >= 0.6 is 11.8 Å². The van der Waals surface area contributed by atoms with Gasteiger partial charge in [0, 0.05) is 10.5 Å². The Balaban J connectivity index is 1.54. The third-order valence-electron chi connectivity index (χ3n) is 4.28. The van der Waals surface area contributed by atoms with Gasteiger partial charge in [0.2, 0.25) is 5.91 Å². The number of benzene rings is 2. The number of hydrogen-bond acceptors (Lipinski definition) is 3. The van der Waals surface area contributed by atoms with Crippen molar-refractivity contribution in [2.45, 2.75) is 24.2 Å². The number of hydrogen-bond donors (Lipinski definition) is 1. The maximum absolute atomic E-state index is 12.5. The minimum atomic E-state index is 0.000587. The van der Waals surface area contributed by atoms with E-state index < -0.39 is 0 Å². The number of nitrogens with one attached hydrogen (secondary N) is 1. The van der Waals surface area contributed by atoms with E-state index in [0.717, 1.165) is 41.4 Å². The zero-order valence-electron chi connectivity index (χ0n) is 13.8. The van der Waals surface area contributed by atoms with Crippen LogP contribution in [0.1, 0.15) is 17.7 Å². The van der Waals surface area contributed by atoms with Crippen LogP contribution < -0.4 is 5.32 Å². The Bertz CT molecular complexity index is 875. The summed E-state index contributed by atoms with van der Waals surface area (Å²) in [6, 6.07) is 20.0. The van der Waals surface area contributed by atoms with Gasteiger partial charge in [0.05, 0.1) is 17.1 Å². The minimum absolute atomic E-state index is 0.000587. The van der Waals surface area contributed by atoms with Gasteiger partial charge in [-0.25, -0.2) is 4.68 Å². The summed E-state index contributed by atoms with van der Waals surface area (Å²) in [6.45, 7) is 0. The van der Waals surface area contributed by atoms with Crippen molar-refractivity contribution in [3.63, 3.8) is 0 Å². The van der Waals surface area contributed by atoms with Gasteiger partial charge >= 0.3 is 0 Å². The number of aryl methyl sites for hydroxylation is 1. The molecule has 0 saturated carbocycles. The Morgan fingerprint density at radius 1 is 1.04 bits per heavy atom. The average molecular weight is 349 g/mol. The fraction of sp³-hybridized carbons (Fsp3) is 0.200. The molecular formula is C20H19N3OS. The number of anilines is 1. The lowest BCUT2D eigenvalue weighted by Gasteiger charge is -2.11. The second-order valence-corrected chi connectivity index (χ2v) is 7.07. The maximum atomic E-state index is 12.5. The molecule has 1 aromatic heterocycles. The third-order valence-corrected chi connectivity index (χ3v) is 5.29. The second-order valence-electron chi connectivity index (χ2n) is 6.02. The molecule has 0 atom stereocenters. The highest BCUT2D eigenvalue weighted by Crippen LogP contribution is 2.31. The van der Waals surface area contributed by atoms with Crippen LogP contribution in [-0.4, -0.2) is 21.4 Å². The van der Waals surface area contributed by atoms with E-state index in [9.17, 15) is 4.79 Å². The standard InChI is InChI=1S/C20H19N3OS/c24-19(14-25-16-10-5-2-6-11-16)21-20-17-12-7-13-18(17)22-23(20)15-8-3-1-4-9-15/h1-6,8-11H,7,12-14H2,(H,21,24). The lowest BCUT2D eigenvalue weighted by molar-refractivity contribution is -0.113. The number of carbonyl (C=O) groups is 1. The van der Waals surface area contributed by atoms with Gasteiger partial charge in [-0.1, -0.05) is 36.4 Å². The molecule has 0 unspecified atom stereocenters. The third kappa shape index (κ3) is 3.46. The summed E-state index contributed by atoms with van der Waals surface area (Å²) in [7, 11) is 0. The summed E-state index contributed by atoms with van der Waals surface area (Å²) >= 11 is 1.54. The van der Waals surface area contributed by atoms with Crippen molar-refractivity contribution in [1.29, 1.82) is 0 Å². The molecule has 4 nitrogen and oxygen atoms in total. The Morgan fingerprint density at radius 2 is 1.76 bits per heavy atom. The van der Waals surface area contributed by atoms with Crippen molar-refractivity contribution >= 4 is 23.5 Å². The van der Waals surface area contributed by atoms with E-state index >= 15 is 0 Å². The summed E-state index contributed by atoms with van der Waals surface area (Å²) in [5.41, 5.74) is 3.26. The quantitative estimate of drug-likeness (QED) is 0.706. The Kier molecular flexibility index (Phi) is 4.57. The normalized spacial score (nSPS) is 12.8. The highest BCUT2D eigenvalue weighted by Gasteiger charge is 2.24. The number of thioether (sulfide) groups is 1. The molecule has 5 heteroatoms. The van der Waals surface area contributed by atoms with E-state index in [4.69, 9.17) is 5.10 Å². The first-order valence-electron chi connectivity index (χ1n) is 8.45. The van der Waals surface area contributed by atoms with Crippen LogP contribution in [0.25, 0.3) is 5.69 Å². The molecule has 3 aromatic rings. The van der Waals surface area contributed by atoms with Crippen LogP contribution in [0.15, 0.2) is 65.6 Å². The monoisotopic (exact) mass is 349 g/mol. The van der Waals surface area contributed by atoms with E-state index in [2.05, 4.69) is 5.32 Å². The van der Waals surface area contributed by atoms with Gasteiger partial charge < -0.3 is 5.32 Å². The summed E-state index contributed by atoms with van der Waals surface area (Å²) < 4.78 is 1.87. The van der Waals surface area contributed by atoms with Gasteiger partial charge in [0.25, 0.3) is 0 Å². The number of amides is 1. The van der Waals surface area contributed by atoms with Gasteiger partial charge in [-0.3, -0.25) is 4.79 Å². The molecule has 4 rings (SSSR count). The largest absolute Gasteiger partial charge is 0.310 e. The molecular weight excluding hydrogens is 330 g/mol. The molecule has 1 aliphatic rings. The lowest BCUT2D eigenvalue weighted by Crippen LogP contribution is -2.18. The molecule has 1 N–H and O–H groups in total. The molecule has 0 radical (unpaired) electrons. The summed E-state index contributed by atoms with van der Waals surface area (Å²) in [5.74, 6) is 1.22. The van der Waals surface area contributed by atoms with Crippen LogP contribution in [0, 0.1) is 0 Å².